The van der Waals surface area contributed by atoms with Gasteiger partial charge in [0, 0.05) is 7.05 Å². The van der Waals surface area contributed by atoms with Crippen molar-refractivity contribution in [2.24, 2.45) is 5.92 Å². The van der Waals surface area contributed by atoms with Gasteiger partial charge in [-0.15, -0.1) is 0 Å². The van der Waals surface area contributed by atoms with Gasteiger partial charge in [0.2, 0.25) is 10.0 Å². The molecule has 1 aromatic heterocycles. The molecule has 2 N–H and O–H groups in total. The topological polar surface area (TPSA) is 76.3 Å². The third-order valence-electron chi connectivity index (χ3n) is 2.10. The number of nitrogens with zero attached hydrogens (tertiary/aromatic N) is 2. The Labute approximate surface area is 96.3 Å². The summed E-state index contributed by atoms with van der Waals surface area (Å²) in [6, 6.07) is 3.22. The van der Waals surface area contributed by atoms with Crippen LogP contribution in [-0.2, 0) is 10.0 Å². The van der Waals surface area contributed by atoms with Crippen LogP contribution in [0.5, 0.6) is 0 Å². The number of aromatic nitrogens is 1. The van der Waals surface area contributed by atoms with Gasteiger partial charge < -0.3 is 5.73 Å². The lowest BCUT2D eigenvalue weighted by Gasteiger charge is -2.20. The largest absolute Gasteiger partial charge is 0.384 e. The minimum Gasteiger partial charge on any atom is -0.384 e. The van der Waals surface area contributed by atoms with Crippen molar-refractivity contribution in [1.82, 2.24) is 4.98 Å². The highest BCUT2D eigenvalue weighted by atomic mass is 32.2. The summed E-state index contributed by atoms with van der Waals surface area (Å²) in [6.45, 7) is 3.74. The van der Waals surface area contributed by atoms with Gasteiger partial charge in [0.05, 0.1) is 17.6 Å². The number of hydrogen-bond donors (Lipinski definition) is 1. The highest BCUT2D eigenvalue weighted by Gasteiger charge is 2.19. The number of hydrogen-bond acceptors (Lipinski definition) is 4. The van der Waals surface area contributed by atoms with Crippen LogP contribution in [-0.4, -0.2) is 26.2 Å². The zero-order valence-electron chi connectivity index (χ0n) is 9.71. The Morgan fingerprint density at radius 1 is 1.44 bits per heavy atom. The van der Waals surface area contributed by atoms with Gasteiger partial charge in [0.15, 0.2) is 0 Å². The van der Waals surface area contributed by atoms with Gasteiger partial charge in [-0.25, -0.2) is 13.4 Å². The van der Waals surface area contributed by atoms with Crippen molar-refractivity contribution >= 4 is 21.5 Å². The van der Waals surface area contributed by atoms with E-state index in [1.807, 2.05) is 13.8 Å². The summed E-state index contributed by atoms with van der Waals surface area (Å²) in [6.07, 6.45) is 1.45. The lowest BCUT2D eigenvalue weighted by atomic mass is 10.3. The van der Waals surface area contributed by atoms with Crippen LogP contribution in [0.2, 0.25) is 0 Å². The van der Waals surface area contributed by atoms with E-state index >= 15 is 0 Å². The van der Waals surface area contributed by atoms with Gasteiger partial charge in [0.25, 0.3) is 0 Å². The van der Waals surface area contributed by atoms with Crippen molar-refractivity contribution in [2.75, 3.05) is 22.8 Å². The molecule has 16 heavy (non-hydrogen) atoms. The first kappa shape index (κ1) is 12.8. The maximum Gasteiger partial charge on any atom is 0.235 e. The van der Waals surface area contributed by atoms with Crippen LogP contribution in [0.3, 0.4) is 0 Å². The van der Waals surface area contributed by atoms with Crippen molar-refractivity contribution in [3.8, 4) is 0 Å². The third-order valence-corrected chi connectivity index (χ3v) is 4.23. The minimum atomic E-state index is -3.27. The van der Waals surface area contributed by atoms with E-state index in [9.17, 15) is 8.42 Å². The molecule has 0 aliphatic carbocycles. The van der Waals surface area contributed by atoms with E-state index in [1.165, 1.54) is 17.5 Å². The molecule has 0 saturated carbocycles. The lowest BCUT2D eigenvalue weighted by molar-refractivity contribution is 0.580. The van der Waals surface area contributed by atoms with Crippen molar-refractivity contribution < 1.29 is 8.42 Å². The fourth-order valence-electron chi connectivity index (χ4n) is 1.28. The zero-order chi connectivity index (χ0) is 12.3. The maximum atomic E-state index is 11.9. The molecule has 0 radical (unpaired) electrons. The summed E-state index contributed by atoms with van der Waals surface area (Å²) < 4.78 is 25.0. The molecule has 0 aromatic carbocycles. The van der Waals surface area contributed by atoms with E-state index in [2.05, 4.69) is 4.98 Å². The first-order valence-electron chi connectivity index (χ1n) is 5.01. The standard InChI is InChI=1S/C10H17N3O2S/c1-8(2)7-16(14,15)13(3)9-4-5-10(11)12-6-9/h4-6,8H,7H2,1-3H3,(H2,11,12). The maximum absolute atomic E-state index is 11.9. The number of nitrogen functional groups attached to an aromatic ring is 1. The van der Waals surface area contributed by atoms with Crippen molar-refractivity contribution in [2.45, 2.75) is 13.8 Å². The van der Waals surface area contributed by atoms with Crippen LogP contribution >= 0.6 is 0 Å². The van der Waals surface area contributed by atoms with Gasteiger partial charge in [-0.2, -0.15) is 0 Å². The molecule has 0 fully saturated rings. The second-order valence-corrected chi connectivity index (χ2v) is 6.13. The summed E-state index contributed by atoms with van der Waals surface area (Å²) in [5.41, 5.74) is 5.96. The summed E-state index contributed by atoms with van der Waals surface area (Å²) >= 11 is 0. The second kappa shape index (κ2) is 4.69. The summed E-state index contributed by atoms with van der Waals surface area (Å²) in [4.78, 5) is 3.86. The molecule has 0 aliphatic rings. The Kier molecular flexibility index (Phi) is 3.74. The van der Waals surface area contributed by atoms with E-state index in [0.29, 0.717) is 11.5 Å². The van der Waals surface area contributed by atoms with Gasteiger partial charge in [-0.05, 0) is 18.1 Å². The Morgan fingerprint density at radius 3 is 2.50 bits per heavy atom. The first-order valence-corrected chi connectivity index (χ1v) is 6.62. The van der Waals surface area contributed by atoms with E-state index in [0.717, 1.165) is 0 Å². The van der Waals surface area contributed by atoms with E-state index in [4.69, 9.17) is 5.73 Å². The SMILES string of the molecule is CC(C)CS(=O)(=O)N(C)c1ccc(N)nc1. The number of rotatable bonds is 4. The molecule has 0 unspecified atom stereocenters. The Balaban J connectivity index is 2.93. The van der Waals surface area contributed by atoms with Crippen LogP contribution in [0.15, 0.2) is 18.3 Å². The van der Waals surface area contributed by atoms with E-state index in [1.54, 1.807) is 12.1 Å². The van der Waals surface area contributed by atoms with Crippen molar-refractivity contribution in [1.29, 1.82) is 0 Å². The molecule has 90 valence electrons. The van der Waals surface area contributed by atoms with Crippen LogP contribution < -0.4 is 10.0 Å². The van der Waals surface area contributed by atoms with Gasteiger partial charge in [0.1, 0.15) is 5.82 Å². The molecule has 1 heterocycles. The fraction of sp³-hybridized carbons (Fsp3) is 0.500. The molecular formula is C10H17N3O2S. The number of anilines is 2. The smallest absolute Gasteiger partial charge is 0.235 e. The van der Waals surface area contributed by atoms with Crippen LogP contribution in [0.25, 0.3) is 0 Å². The molecule has 0 spiro atoms. The molecule has 0 saturated heterocycles. The average Bonchev–Trinajstić information content (AvgIpc) is 2.16. The fourth-order valence-corrected chi connectivity index (χ4v) is 2.77. The Morgan fingerprint density at radius 2 is 2.06 bits per heavy atom. The molecule has 0 bridgehead atoms. The van der Waals surface area contributed by atoms with E-state index in [-0.39, 0.29) is 11.7 Å². The van der Waals surface area contributed by atoms with Crippen molar-refractivity contribution in [3.05, 3.63) is 18.3 Å². The molecule has 0 atom stereocenters. The Hall–Kier alpha value is -1.30. The van der Waals surface area contributed by atoms with Crippen LogP contribution in [0.1, 0.15) is 13.8 Å². The third kappa shape index (κ3) is 3.10. The van der Waals surface area contributed by atoms with Gasteiger partial charge in [-0.3, -0.25) is 4.31 Å². The molecule has 1 rings (SSSR count). The second-order valence-electron chi connectivity index (χ2n) is 4.08. The van der Waals surface area contributed by atoms with Gasteiger partial charge >= 0.3 is 0 Å². The molecular weight excluding hydrogens is 226 g/mol. The lowest BCUT2D eigenvalue weighted by Crippen LogP contribution is -2.30. The number of nitrogens with two attached hydrogens (primary N) is 1. The summed E-state index contributed by atoms with van der Waals surface area (Å²) in [5.74, 6) is 0.584. The molecule has 5 nitrogen and oxygen atoms in total. The summed E-state index contributed by atoms with van der Waals surface area (Å²) in [7, 11) is -1.75. The normalized spacial score (nSPS) is 11.8. The predicted octanol–water partition coefficient (Wildman–Crippen LogP) is 1.09. The minimum absolute atomic E-state index is 0.0918. The molecule has 6 heteroatoms. The average molecular weight is 243 g/mol. The number of pyridine rings is 1. The molecule has 0 aliphatic heterocycles. The van der Waals surface area contributed by atoms with Crippen molar-refractivity contribution in [3.63, 3.8) is 0 Å². The van der Waals surface area contributed by atoms with Crippen LogP contribution in [0, 0.1) is 5.92 Å². The Bertz CT molecular complexity index is 440. The molecule has 0 amide bonds. The zero-order valence-corrected chi connectivity index (χ0v) is 10.5. The predicted molar refractivity (Wildman–Crippen MR) is 65.7 cm³/mol. The van der Waals surface area contributed by atoms with Gasteiger partial charge in [-0.1, -0.05) is 13.8 Å². The first-order chi connectivity index (χ1) is 7.33. The van der Waals surface area contributed by atoms with E-state index < -0.39 is 10.0 Å². The monoisotopic (exact) mass is 243 g/mol. The highest BCUT2D eigenvalue weighted by Crippen LogP contribution is 2.17. The molecule has 1 aromatic rings. The van der Waals surface area contributed by atoms with Crippen LogP contribution in [0.4, 0.5) is 11.5 Å². The number of sulfonamides is 1. The summed E-state index contributed by atoms with van der Waals surface area (Å²) in [5, 5.41) is 0. The quantitative estimate of drug-likeness (QED) is 0.858. The highest BCUT2D eigenvalue weighted by molar-refractivity contribution is 7.92.